The molecule has 0 bridgehead atoms. The van der Waals surface area contributed by atoms with E-state index in [1.54, 1.807) is 12.1 Å². The molecule has 1 aromatic rings. The van der Waals surface area contributed by atoms with Crippen molar-refractivity contribution in [2.24, 2.45) is 0 Å². The van der Waals surface area contributed by atoms with Crippen molar-refractivity contribution in [1.29, 1.82) is 0 Å². The van der Waals surface area contributed by atoms with Gasteiger partial charge in [0.1, 0.15) is 6.61 Å². The highest BCUT2D eigenvalue weighted by Gasteiger charge is 2.38. The van der Waals surface area contributed by atoms with Gasteiger partial charge in [0.15, 0.2) is 25.9 Å². The molecule has 2 N–H and O–H groups in total. The summed E-state index contributed by atoms with van der Waals surface area (Å²) in [4.78, 5) is 12.6. The number of ether oxygens (including phenoxy) is 2. The smallest absolute Gasteiger partial charge is 0.265 e. The van der Waals surface area contributed by atoms with Gasteiger partial charge in [-0.05, 0) is 58.0 Å². The van der Waals surface area contributed by atoms with Gasteiger partial charge in [0.2, 0.25) is 0 Å². The van der Waals surface area contributed by atoms with Gasteiger partial charge in [0, 0.05) is 16.7 Å². The highest BCUT2D eigenvalue weighted by molar-refractivity contribution is 6.74. The molecule has 1 aliphatic heterocycles. The molecule has 0 radical (unpaired) electrons. The lowest BCUT2D eigenvalue weighted by molar-refractivity contribution is 0.0483. The number of benzene rings is 1. The Hall–Kier alpha value is -1.57. The van der Waals surface area contributed by atoms with Crippen LogP contribution in [0.2, 0.25) is 18.1 Å². The first-order valence-electron chi connectivity index (χ1n) is 9.86. The van der Waals surface area contributed by atoms with Gasteiger partial charge in [-0.1, -0.05) is 20.8 Å². The van der Waals surface area contributed by atoms with Crippen molar-refractivity contribution >= 4 is 14.2 Å². The summed E-state index contributed by atoms with van der Waals surface area (Å²) in [5.74, 6) is 1.10. The van der Waals surface area contributed by atoms with Gasteiger partial charge in [-0.25, -0.2) is 5.43 Å². The first kappa shape index (κ1) is 22.7. The van der Waals surface area contributed by atoms with Crippen LogP contribution in [0.5, 0.6) is 11.5 Å². The van der Waals surface area contributed by atoms with Gasteiger partial charge >= 0.3 is 0 Å². The number of hydrazine groups is 1. The fourth-order valence-electron chi connectivity index (χ4n) is 2.47. The molecule has 28 heavy (non-hydrogen) atoms. The lowest BCUT2D eigenvalue weighted by Crippen LogP contribution is -2.49. The predicted molar refractivity (Wildman–Crippen MR) is 115 cm³/mol. The largest absolute Gasteiger partial charge is 0.486 e. The van der Waals surface area contributed by atoms with E-state index in [2.05, 4.69) is 44.7 Å². The molecule has 1 aliphatic rings. The third-order valence-electron chi connectivity index (χ3n) is 5.31. The van der Waals surface area contributed by atoms with Crippen LogP contribution in [0.4, 0.5) is 0 Å². The number of fused-ring (bicyclic) bond motifs is 1. The molecule has 0 aliphatic carbocycles. The third kappa shape index (κ3) is 5.49. The van der Waals surface area contributed by atoms with Gasteiger partial charge in [0.25, 0.3) is 5.91 Å². The Labute approximate surface area is 170 Å². The molecule has 0 saturated heterocycles. The topological polar surface area (TPSA) is 68.8 Å². The third-order valence-corrected chi connectivity index (χ3v) is 9.81. The molecule has 0 saturated carbocycles. The number of hydrogen-bond donors (Lipinski definition) is 2. The van der Waals surface area contributed by atoms with Crippen molar-refractivity contribution in [1.82, 2.24) is 10.9 Å². The van der Waals surface area contributed by atoms with Gasteiger partial charge in [-0.3, -0.25) is 10.2 Å². The Morgan fingerprint density at radius 3 is 2.43 bits per heavy atom. The van der Waals surface area contributed by atoms with Crippen LogP contribution in [0.15, 0.2) is 12.1 Å². The van der Waals surface area contributed by atoms with E-state index in [9.17, 15) is 4.79 Å². The summed E-state index contributed by atoms with van der Waals surface area (Å²) in [7, 11) is -1.86. The Morgan fingerprint density at radius 2 is 1.86 bits per heavy atom. The maximum atomic E-state index is 12.6. The zero-order valence-electron chi connectivity index (χ0n) is 18.8. The van der Waals surface area contributed by atoms with E-state index in [0.29, 0.717) is 30.3 Å². The summed E-state index contributed by atoms with van der Waals surface area (Å²) in [5, 5.41) is 0.141. The average Bonchev–Trinajstić information content (AvgIpc) is 2.57. The normalized spacial score (nSPS) is 17.4. The van der Waals surface area contributed by atoms with Gasteiger partial charge in [0.05, 0.1) is 6.61 Å². The molecule has 1 aromatic carbocycles. The van der Waals surface area contributed by atoms with E-state index in [4.69, 9.17) is 13.9 Å². The fourth-order valence-corrected chi connectivity index (χ4v) is 3.50. The van der Waals surface area contributed by atoms with E-state index in [0.717, 1.165) is 5.56 Å². The van der Waals surface area contributed by atoms with Crippen molar-refractivity contribution < 1.29 is 18.7 Å². The van der Waals surface area contributed by atoms with Crippen LogP contribution in [0.1, 0.15) is 57.5 Å². The Kier molecular flexibility index (Phi) is 6.53. The zero-order valence-corrected chi connectivity index (χ0v) is 19.8. The maximum Gasteiger partial charge on any atom is 0.265 e. The lowest BCUT2D eigenvalue weighted by atomic mass is 10.1. The summed E-state index contributed by atoms with van der Waals surface area (Å²) in [6.45, 7) is 19.8. The van der Waals surface area contributed by atoms with E-state index < -0.39 is 8.32 Å². The first-order valence-corrected chi connectivity index (χ1v) is 12.8. The SMILES string of the molecule is Cc1c(C(=O)NNC(C)(C)C)ccc2c1OC(CO[Si](C)(C)C(C)(C)C)CO2. The van der Waals surface area contributed by atoms with Crippen LogP contribution >= 0.6 is 0 Å². The van der Waals surface area contributed by atoms with Crippen LogP contribution in [0.3, 0.4) is 0 Å². The Bertz CT molecular complexity index is 720. The van der Waals surface area contributed by atoms with E-state index in [1.165, 1.54) is 0 Å². The van der Waals surface area contributed by atoms with E-state index in [1.807, 2.05) is 27.7 Å². The summed E-state index contributed by atoms with van der Waals surface area (Å²) < 4.78 is 18.3. The quantitative estimate of drug-likeness (QED) is 0.565. The summed E-state index contributed by atoms with van der Waals surface area (Å²) >= 11 is 0. The molecular formula is C21H36N2O4Si. The van der Waals surface area contributed by atoms with Crippen molar-refractivity contribution in [3.8, 4) is 11.5 Å². The minimum Gasteiger partial charge on any atom is -0.486 e. The van der Waals surface area contributed by atoms with Gasteiger partial charge in [-0.2, -0.15) is 0 Å². The minimum atomic E-state index is -1.86. The van der Waals surface area contributed by atoms with Crippen molar-refractivity contribution in [3.05, 3.63) is 23.3 Å². The van der Waals surface area contributed by atoms with Crippen molar-refractivity contribution in [2.45, 2.75) is 78.2 Å². The van der Waals surface area contributed by atoms with Crippen LogP contribution < -0.4 is 20.3 Å². The van der Waals surface area contributed by atoms with E-state index >= 15 is 0 Å². The molecule has 1 atom stereocenters. The van der Waals surface area contributed by atoms with Gasteiger partial charge < -0.3 is 13.9 Å². The number of carbonyl (C=O) groups excluding carboxylic acids is 1. The molecule has 2 rings (SSSR count). The van der Waals surface area contributed by atoms with Gasteiger partial charge in [-0.15, -0.1) is 0 Å². The second kappa shape index (κ2) is 8.04. The monoisotopic (exact) mass is 408 g/mol. The minimum absolute atomic E-state index is 0.141. The number of hydrogen-bond acceptors (Lipinski definition) is 5. The Morgan fingerprint density at radius 1 is 1.21 bits per heavy atom. The number of nitrogens with one attached hydrogen (secondary N) is 2. The molecule has 1 unspecified atom stereocenters. The second-order valence-electron chi connectivity index (χ2n) is 10.0. The average molecular weight is 409 g/mol. The highest BCUT2D eigenvalue weighted by Crippen LogP contribution is 2.39. The van der Waals surface area contributed by atoms with E-state index in [-0.39, 0.29) is 22.6 Å². The molecule has 0 fully saturated rings. The predicted octanol–water partition coefficient (Wildman–Crippen LogP) is 4.19. The fraction of sp³-hybridized carbons (Fsp3) is 0.667. The highest BCUT2D eigenvalue weighted by atomic mass is 28.4. The summed E-state index contributed by atoms with van der Waals surface area (Å²) in [6, 6.07) is 3.56. The first-order chi connectivity index (χ1) is 12.7. The zero-order chi connectivity index (χ0) is 21.3. The standard InChI is InChI=1S/C21H36N2O4Si/c1-14-16(19(24)22-23-20(2,3)4)10-11-17-18(14)27-15(12-25-17)13-26-28(8,9)21(5,6)7/h10-11,15,23H,12-13H2,1-9H3,(H,22,24). The molecule has 158 valence electrons. The van der Waals surface area contributed by atoms with Crippen LogP contribution in [-0.4, -0.2) is 39.1 Å². The Balaban J connectivity index is 2.10. The molecule has 7 heteroatoms. The molecule has 1 heterocycles. The van der Waals surface area contributed by atoms with Crippen LogP contribution in [0.25, 0.3) is 0 Å². The molecule has 0 spiro atoms. The summed E-state index contributed by atoms with van der Waals surface area (Å²) in [5.41, 5.74) is 6.86. The second-order valence-corrected chi connectivity index (χ2v) is 14.8. The summed E-state index contributed by atoms with van der Waals surface area (Å²) in [6.07, 6.45) is -0.189. The van der Waals surface area contributed by atoms with Crippen LogP contribution in [0, 0.1) is 6.92 Å². The number of carbonyl (C=O) groups is 1. The lowest BCUT2D eigenvalue weighted by Gasteiger charge is -2.38. The molecular weight excluding hydrogens is 372 g/mol. The van der Waals surface area contributed by atoms with Crippen molar-refractivity contribution in [3.63, 3.8) is 0 Å². The number of amides is 1. The van der Waals surface area contributed by atoms with Crippen LogP contribution in [-0.2, 0) is 4.43 Å². The molecule has 1 amide bonds. The van der Waals surface area contributed by atoms with Crippen molar-refractivity contribution in [2.75, 3.05) is 13.2 Å². The maximum absolute atomic E-state index is 12.6. The number of rotatable bonds is 5. The molecule has 6 nitrogen and oxygen atoms in total. The molecule has 0 aromatic heterocycles.